The van der Waals surface area contributed by atoms with E-state index in [1.54, 1.807) is 0 Å². The average Bonchev–Trinajstić information content (AvgIpc) is 2.38. The summed E-state index contributed by atoms with van der Waals surface area (Å²) in [6, 6.07) is 3.78. The molecule has 98 valence electrons. The molecule has 0 aromatic heterocycles. The first kappa shape index (κ1) is 13.0. The lowest BCUT2D eigenvalue weighted by molar-refractivity contribution is 0.0114. The maximum atomic E-state index is 13.2. The van der Waals surface area contributed by atoms with Gasteiger partial charge in [0, 0.05) is 0 Å². The average molecular weight is 252 g/mol. The second-order valence-corrected chi connectivity index (χ2v) is 4.77. The first-order chi connectivity index (χ1) is 8.57. The van der Waals surface area contributed by atoms with Crippen molar-refractivity contribution in [3.05, 3.63) is 29.6 Å². The summed E-state index contributed by atoms with van der Waals surface area (Å²) in [5, 5.41) is 10.4. The molecule has 0 radical (unpaired) electrons. The molecule has 1 aromatic rings. The fourth-order valence-electron chi connectivity index (χ4n) is 2.47. The van der Waals surface area contributed by atoms with E-state index >= 15 is 0 Å². The first-order valence-corrected chi connectivity index (χ1v) is 6.17. The lowest BCUT2D eigenvalue weighted by Gasteiger charge is -2.30. The van der Waals surface area contributed by atoms with E-state index in [2.05, 4.69) is 0 Å². The largest absolute Gasteiger partial charge is 0.496 e. The van der Waals surface area contributed by atoms with E-state index in [-0.39, 0.29) is 5.56 Å². The van der Waals surface area contributed by atoms with Crippen LogP contribution in [0.5, 0.6) is 5.75 Å². The van der Waals surface area contributed by atoms with Crippen LogP contribution in [0.25, 0.3) is 0 Å². The Morgan fingerprint density at radius 1 is 1.33 bits per heavy atom. The highest BCUT2D eigenvalue weighted by Gasteiger charge is 2.38. The van der Waals surface area contributed by atoms with E-state index in [9.17, 15) is 14.3 Å². The number of hydrogen-bond donors (Lipinski definition) is 1. The number of ketones is 1. The first-order valence-electron chi connectivity index (χ1n) is 6.17. The van der Waals surface area contributed by atoms with Crippen molar-refractivity contribution in [1.82, 2.24) is 0 Å². The van der Waals surface area contributed by atoms with Crippen molar-refractivity contribution in [1.29, 1.82) is 0 Å². The van der Waals surface area contributed by atoms with Crippen LogP contribution in [0.15, 0.2) is 18.2 Å². The monoisotopic (exact) mass is 252 g/mol. The lowest BCUT2D eigenvalue weighted by atomic mass is 9.79. The highest BCUT2D eigenvalue weighted by atomic mass is 19.1. The molecular formula is C14H17FO3. The summed E-state index contributed by atoms with van der Waals surface area (Å²) in [6.45, 7) is 0. The van der Waals surface area contributed by atoms with Gasteiger partial charge in [-0.25, -0.2) is 4.39 Å². The van der Waals surface area contributed by atoms with Crippen LogP contribution < -0.4 is 4.74 Å². The van der Waals surface area contributed by atoms with Crippen LogP contribution in [-0.4, -0.2) is 23.6 Å². The zero-order valence-corrected chi connectivity index (χ0v) is 10.4. The minimum absolute atomic E-state index is 0.127. The molecule has 0 amide bonds. The Kier molecular flexibility index (Phi) is 3.66. The number of Topliss-reactive ketones (excluding diaryl/α,β-unsaturated/α-hetero) is 1. The molecule has 1 aliphatic rings. The number of hydrogen-bond acceptors (Lipinski definition) is 3. The van der Waals surface area contributed by atoms with E-state index in [1.807, 2.05) is 0 Å². The summed E-state index contributed by atoms with van der Waals surface area (Å²) < 4.78 is 18.3. The zero-order valence-electron chi connectivity index (χ0n) is 10.4. The smallest absolute Gasteiger partial charge is 0.198 e. The molecule has 0 unspecified atom stereocenters. The Morgan fingerprint density at radius 3 is 2.61 bits per heavy atom. The molecule has 18 heavy (non-hydrogen) atoms. The minimum Gasteiger partial charge on any atom is -0.496 e. The standard InChI is InChI=1S/C14H17FO3/c1-18-12-6-5-10(15)9-11(12)13(16)14(17)7-3-2-4-8-14/h5-6,9,17H,2-4,7-8H2,1H3. The van der Waals surface area contributed by atoms with Crippen LogP contribution in [0.2, 0.25) is 0 Å². The van der Waals surface area contributed by atoms with E-state index in [4.69, 9.17) is 4.74 Å². The topological polar surface area (TPSA) is 46.5 Å². The quantitative estimate of drug-likeness (QED) is 0.841. The third-order valence-corrected chi connectivity index (χ3v) is 3.51. The van der Waals surface area contributed by atoms with Crippen LogP contribution in [0.3, 0.4) is 0 Å². The Labute approximate surface area is 106 Å². The highest BCUT2D eigenvalue weighted by Crippen LogP contribution is 2.33. The fraction of sp³-hybridized carbons (Fsp3) is 0.500. The zero-order chi connectivity index (χ0) is 13.2. The van der Waals surface area contributed by atoms with Gasteiger partial charge in [0.1, 0.15) is 17.2 Å². The number of methoxy groups -OCH3 is 1. The van der Waals surface area contributed by atoms with Crippen molar-refractivity contribution in [3.8, 4) is 5.75 Å². The van der Waals surface area contributed by atoms with Crippen molar-refractivity contribution in [2.45, 2.75) is 37.7 Å². The summed E-state index contributed by atoms with van der Waals surface area (Å²) in [4.78, 5) is 12.4. The van der Waals surface area contributed by atoms with Gasteiger partial charge in [0.05, 0.1) is 12.7 Å². The van der Waals surface area contributed by atoms with Crippen LogP contribution >= 0.6 is 0 Å². The van der Waals surface area contributed by atoms with Crippen LogP contribution in [0.1, 0.15) is 42.5 Å². The van der Waals surface area contributed by atoms with Gasteiger partial charge in [-0.2, -0.15) is 0 Å². The predicted molar refractivity (Wildman–Crippen MR) is 65.3 cm³/mol. The van der Waals surface area contributed by atoms with Crippen molar-refractivity contribution in [2.24, 2.45) is 0 Å². The van der Waals surface area contributed by atoms with E-state index < -0.39 is 17.2 Å². The van der Waals surface area contributed by atoms with E-state index in [1.165, 1.54) is 19.2 Å². The molecule has 0 bridgehead atoms. The summed E-state index contributed by atoms with van der Waals surface area (Å²) in [5.74, 6) is -0.627. The van der Waals surface area contributed by atoms with Crippen molar-refractivity contribution in [3.63, 3.8) is 0 Å². The molecule has 4 heteroatoms. The van der Waals surface area contributed by atoms with Crippen molar-refractivity contribution < 1.29 is 19.0 Å². The van der Waals surface area contributed by atoms with Gasteiger partial charge in [0.2, 0.25) is 0 Å². The number of benzene rings is 1. The molecule has 0 heterocycles. The van der Waals surface area contributed by atoms with Crippen LogP contribution in [0, 0.1) is 5.82 Å². The summed E-state index contributed by atoms with van der Waals surface area (Å²) in [7, 11) is 1.43. The summed E-state index contributed by atoms with van der Waals surface area (Å²) in [5.41, 5.74) is -1.24. The maximum absolute atomic E-state index is 13.2. The van der Waals surface area contributed by atoms with Crippen LogP contribution in [0.4, 0.5) is 4.39 Å². The van der Waals surface area contributed by atoms with E-state index in [0.717, 1.165) is 25.3 Å². The molecule has 1 saturated carbocycles. The van der Waals surface area contributed by atoms with Gasteiger partial charge in [-0.1, -0.05) is 19.3 Å². The lowest BCUT2D eigenvalue weighted by Crippen LogP contribution is -2.40. The highest BCUT2D eigenvalue weighted by molar-refractivity contribution is 6.04. The Hall–Kier alpha value is -1.42. The number of carbonyl (C=O) groups is 1. The Balaban J connectivity index is 2.35. The fourth-order valence-corrected chi connectivity index (χ4v) is 2.47. The molecule has 0 spiro atoms. The minimum atomic E-state index is -1.36. The maximum Gasteiger partial charge on any atom is 0.198 e. The number of carbonyl (C=O) groups excluding carboxylic acids is 1. The SMILES string of the molecule is COc1ccc(F)cc1C(=O)C1(O)CCCCC1. The number of aliphatic hydroxyl groups is 1. The summed E-state index contributed by atoms with van der Waals surface area (Å²) in [6.07, 6.45) is 3.53. The van der Waals surface area contributed by atoms with Gasteiger partial charge >= 0.3 is 0 Å². The second kappa shape index (κ2) is 5.06. The molecule has 0 aliphatic heterocycles. The van der Waals surface area contributed by atoms with Gasteiger partial charge in [-0.15, -0.1) is 0 Å². The molecule has 1 fully saturated rings. The predicted octanol–water partition coefficient (Wildman–Crippen LogP) is 2.71. The van der Waals surface area contributed by atoms with E-state index in [0.29, 0.717) is 18.6 Å². The van der Waals surface area contributed by atoms with Crippen LogP contribution in [-0.2, 0) is 0 Å². The third-order valence-electron chi connectivity index (χ3n) is 3.51. The summed E-state index contributed by atoms with van der Waals surface area (Å²) >= 11 is 0. The van der Waals surface area contributed by atoms with Gasteiger partial charge in [-0.3, -0.25) is 4.79 Å². The molecule has 1 N–H and O–H groups in total. The van der Waals surface area contributed by atoms with Gasteiger partial charge in [0.15, 0.2) is 5.78 Å². The second-order valence-electron chi connectivity index (χ2n) is 4.77. The molecule has 3 nitrogen and oxygen atoms in total. The molecule has 2 rings (SSSR count). The molecule has 1 aromatic carbocycles. The number of rotatable bonds is 3. The van der Waals surface area contributed by atoms with Crippen molar-refractivity contribution >= 4 is 5.78 Å². The normalized spacial score (nSPS) is 18.4. The van der Waals surface area contributed by atoms with Gasteiger partial charge in [-0.05, 0) is 31.0 Å². The van der Waals surface area contributed by atoms with Gasteiger partial charge < -0.3 is 9.84 Å². The Bertz CT molecular complexity index is 450. The number of halogens is 1. The molecule has 1 aliphatic carbocycles. The molecule has 0 atom stereocenters. The van der Waals surface area contributed by atoms with Crippen molar-refractivity contribution in [2.75, 3.05) is 7.11 Å². The third kappa shape index (κ3) is 2.38. The molecular weight excluding hydrogens is 235 g/mol. The molecule has 0 saturated heterocycles. The Morgan fingerprint density at radius 2 is 2.00 bits per heavy atom. The van der Waals surface area contributed by atoms with Gasteiger partial charge in [0.25, 0.3) is 0 Å². The number of ether oxygens (including phenoxy) is 1.